The van der Waals surface area contributed by atoms with Gasteiger partial charge in [0.1, 0.15) is 5.75 Å². The van der Waals surface area contributed by atoms with Crippen LogP contribution in [0.5, 0.6) is 23.0 Å². The molecule has 0 bridgehead atoms. The fraction of sp³-hybridized carbons (Fsp3) is 0.500. The molecule has 0 radical (unpaired) electrons. The van der Waals surface area contributed by atoms with E-state index < -0.39 is 0 Å². The molecule has 4 nitrogen and oxygen atoms in total. The molecule has 0 fully saturated rings. The van der Waals surface area contributed by atoms with Crippen LogP contribution in [0.1, 0.15) is 65.5 Å². The predicted molar refractivity (Wildman–Crippen MR) is 117 cm³/mol. The van der Waals surface area contributed by atoms with Gasteiger partial charge in [0.25, 0.3) is 0 Å². The maximum atomic E-state index is 6.31. The van der Waals surface area contributed by atoms with Gasteiger partial charge in [0.05, 0.1) is 19.9 Å². The summed E-state index contributed by atoms with van der Waals surface area (Å²) in [4.78, 5) is 0. The van der Waals surface area contributed by atoms with Crippen LogP contribution in [0.25, 0.3) is 0 Å². The number of nitrogens with two attached hydrogens (primary N) is 1. The van der Waals surface area contributed by atoms with Crippen LogP contribution in [0.4, 0.5) is 5.69 Å². The summed E-state index contributed by atoms with van der Waals surface area (Å²) in [5.41, 5.74) is 9.32. The predicted octanol–water partition coefficient (Wildman–Crippen LogP) is 6.45. The lowest BCUT2D eigenvalue weighted by molar-refractivity contribution is 0.352. The number of rotatable bonds is 8. The number of ether oxygens (including phenoxy) is 3. The minimum Gasteiger partial charge on any atom is -0.493 e. The van der Waals surface area contributed by atoms with Crippen molar-refractivity contribution in [1.82, 2.24) is 0 Å². The van der Waals surface area contributed by atoms with Gasteiger partial charge in [0.15, 0.2) is 17.2 Å². The van der Waals surface area contributed by atoms with E-state index in [1.165, 1.54) is 11.1 Å². The third-order valence-corrected chi connectivity index (χ3v) is 5.99. The molecule has 0 spiro atoms. The Hall–Kier alpha value is -2.36. The zero-order valence-corrected chi connectivity index (χ0v) is 18.6. The molecule has 2 aromatic rings. The monoisotopic (exact) mass is 385 g/mol. The summed E-state index contributed by atoms with van der Waals surface area (Å²) in [6, 6.07) is 10.0. The Morgan fingerprint density at radius 2 is 1.32 bits per heavy atom. The second-order valence-electron chi connectivity index (χ2n) is 8.53. The molecular weight excluding hydrogens is 350 g/mol. The molecule has 0 aliphatic rings. The molecule has 154 valence electrons. The van der Waals surface area contributed by atoms with Crippen LogP contribution in [-0.4, -0.2) is 14.2 Å². The van der Waals surface area contributed by atoms with Crippen molar-refractivity contribution in [1.29, 1.82) is 0 Å². The molecule has 0 aliphatic carbocycles. The number of hydrogen-bond donors (Lipinski definition) is 1. The summed E-state index contributed by atoms with van der Waals surface area (Å²) in [5.74, 6) is 2.56. The number of anilines is 1. The molecule has 0 saturated heterocycles. The fourth-order valence-corrected chi connectivity index (χ4v) is 3.05. The molecule has 2 N–H and O–H groups in total. The zero-order chi connectivity index (χ0) is 21.1. The Bertz CT molecular complexity index is 825. The first-order valence-corrected chi connectivity index (χ1v) is 9.94. The average Bonchev–Trinajstić information content (AvgIpc) is 2.69. The normalized spacial score (nSPS) is 12.0. The summed E-state index contributed by atoms with van der Waals surface area (Å²) in [5, 5.41) is 0. The van der Waals surface area contributed by atoms with Crippen molar-refractivity contribution in [3.63, 3.8) is 0 Å². The Morgan fingerprint density at radius 1 is 0.750 bits per heavy atom. The smallest absolute Gasteiger partial charge is 0.164 e. The van der Waals surface area contributed by atoms with E-state index in [4.69, 9.17) is 19.9 Å². The van der Waals surface area contributed by atoms with Gasteiger partial charge in [-0.25, -0.2) is 0 Å². The Balaban J connectivity index is 2.57. The second-order valence-corrected chi connectivity index (χ2v) is 8.53. The largest absolute Gasteiger partial charge is 0.493 e. The van der Waals surface area contributed by atoms with E-state index in [1.54, 1.807) is 26.4 Å². The van der Waals surface area contributed by atoms with Crippen molar-refractivity contribution < 1.29 is 14.2 Å². The van der Waals surface area contributed by atoms with Crippen molar-refractivity contribution in [2.75, 3.05) is 20.0 Å². The summed E-state index contributed by atoms with van der Waals surface area (Å²) < 4.78 is 17.0. The molecule has 0 amide bonds. The second kappa shape index (κ2) is 8.34. The van der Waals surface area contributed by atoms with Gasteiger partial charge < -0.3 is 19.9 Å². The molecule has 0 saturated carbocycles. The maximum absolute atomic E-state index is 6.31. The maximum Gasteiger partial charge on any atom is 0.164 e. The quantitative estimate of drug-likeness (QED) is 0.530. The van der Waals surface area contributed by atoms with Crippen molar-refractivity contribution in [3.05, 3.63) is 41.5 Å². The average molecular weight is 386 g/mol. The van der Waals surface area contributed by atoms with Gasteiger partial charge in [0.2, 0.25) is 0 Å². The van der Waals surface area contributed by atoms with Crippen LogP contribution in [0.15, 0.2) is 30.3 Å². The first kappa shape index (κ1) is 21.9. The highest BCUT2D eigenvalue weighted by Gasteiger charge is 2.27. The van der Waals surface area contributed by atoms with Gasteiger partial charge in [-0.1, -0.05) is 53.7 Å². The molecule has 0 heterocycles. The highest BCUT2D eigenvalue weighted by molar-refractivity contribution is 5.63. The van der Waals surface area contributed by atoms with Gasteiger partial charge in [-0.3, -0.25) is 0 Å². The molecule has 0 unspecified atom stereocenters. The van der Waals surface area contributed by atoms with E-state index >= 15 is 0 Å². The van der Waals surface area contributed by atoms with Crippen LogP contribution < -0.4 is 19.9 Å². The molecule has 4 heteroatoms. The van der Waals surface area contributed by atoms with Gasteiger partial charge in [-0.2, -0.15) is 0 Å². The number of hydrogen-bond acceptors (Lipinski definition) is 4. The van der Waals surface area contributed by atoms with E-state index in [0.717, 1.165) is 18.6 Å². The van der Waals surface area contributed by atoms with E-state index in [0.29, 0.717) is 22.9 Å². The summed E-state index contributed by atoms with van der Waals surface area (Å²) >= 11 is 0. The third kappa shape index (κ3) is 4.37. The molecular formula is C24H35NO3. The fourth-order valence-electron chi connectivity index (χ4n) is 3.05. The van der Waals surface area contributed by atoms with Crippen molar-refractivity contribution in [2.24, 2.45) is 0 Å². The number of benzene rings is 2. The molecule has 28 heavy (non-hydrogen) atoms. The van der Waals surface area contributed by atoms with Gasteiger partial charge >= 0.3 is 0 Å². The van der Waals surface area contributed by atoms with Crippen LogP contribution >= 0.6 is 0 Å². The number of nitrogen functional groups attached to an aromatic ring is 1. The van der Waals surface area contributed by atoms with Crippen LogP contribution in [0, 0.1) is 0 Å². The highest BCUT2D eigenvalue weighted by Crippen LogP contribution is 2.43. The van der Waals surface area contributed by atoms with Crippen LogP contribution in [-0.2, 0) is 10.8 Å². The van der Waals surface area contributed by atoms with E-state index in [1.807, 2.05) is 0 Å². The SMILES string of the molecule is CCC(C)(C)c1ccc(Oc2cc(OC)c(OC)cc2N)c(C(C)(C)CC)c1. The standard InChI is InChI=1S/C24H35NO3/c1-9-23(3,4)16-11-12-19(17(13-16)24(5,6)10-2)28-20-15-22(27-8)21(26-7)14-18(20)25/h11-15H,9-10,25H2,1-8H3. The Kier molecular flexibility index (Phi) is 6.53. The third-order valence-electron chi connectivity index (χ3n) is 5.99. The molecule has 0 atom stereocenters. The minimum absolute atomic E-state index is 0.0273. The van der Waals surface area contributed by atoms with E-state index in [2.05, 4.69) is 59.7 Å². The lowest BCUT2D eigenvalue weighted by atomic mass is 9.76. The van der Waals surface area contributed by atoms with Crippen LogP contribution in [0.2, 0.25) is 0 Å². The highest BCUT2D eigenvalue weighted by atomic mass is 16.5. The van der Waals surface area contributed by atoms with Gasteiger partial charge in [0, 0.05) is 17.7 Å². The van der Waals surface area contributed by atoms with Crippen molar-refractivity contribution in [2.45, 2.75) is 65.2 Å². The van der Waals surface area contributed by atoms with E-state index in [9.17, 15) is 0 Å². The zero-order valence-electron chi connectivity index (χ0n) is 18.6. The lowest BCUT2D eigenvalue weighted by Gasteiger charge is -2.30. The molecule has 2 aromatic carbocycles. The van der Waals surface area contributed by atoms with E-state index in [-0.39, 0.29) is 10.8 Å². The van der Waals surface area contributed by atoms with Crippen molar-refractivity contribution >= 4 is 5.69 Å². The van der Waals surface area contributed by atoms with Gasteiger partial charge in [-0.15, -0.1) is 0 Å². The number of methoxy groups -OCH3 is 2. The first-order chi connectivity index (χ1) is 13.1. The van der Waals surface area contributed by atoms with Crippen LogP contribution in [0.3, 0.4) is 0 Å². The summed E-state index contributed by atoms with van der Waals surface area (Å²) in [6.07, 6.45) is 2.07. The molecule has 2 rings (SSSR count). The molecule has 0 aromatic heterocycles. The Labute approximate surface area is 170 Å². The van der Waals surface area contributed by atoms with Crippen molar-refractivity contribution in [3.8, 4) is 23.0 Å². The lowest BCUT2D eigenvalue weighted by Crippen LogP contribution is -2.20. The summed E-state index contributed by atoms with van der Waals surface area (Å²) in [6.45, 7) is 13.5. The molecule has 0 aliphatic heterocycles. The van der Waals surface area contributed by atoms with Gasteiger partial charge in [-0.05, 0) is 35.3 Å². The Morgan fingerprint density at radius 3 is 1.86 bits per heavy atom. The minimum atomic E-state index is -0.0273. The topological polar surface area (TPSA) is 53.7 Å². The first-order valence-electron chi connectivity index (χ1n) is 9.94. The summed E-state index contributed by atoms with van der Waals surface area (Å²) in [7, 11) is 3.19.